The predicted octanol–water partition coefficient (Wildman–Crippen LogP) is 3.54. The molecule has 0 radical (unpaired) electrons. The third-order valence-corrected chi connectivity index (χ3v) is 4.75. The first-order chi connectivity index (χ1) is 12.1. The first-order valence-electron chi connectivity index (χ1n) is 8.10. The molecule has 0 saturated carbocycles. The van der Waals surface area contributed by atoms with Gasteiger partial charge in [-0.2, -0.15) is 0 Å². The molecular formula is C18H19N3O3S. The molecule has 3 aromatic rings. The first-order valence-corrected chi connectivity index (χ1v) is 9.09. The summed E-state index contributed by atoms with van der Waals surface area (Å²) in [7, 11) is 0. The van der Waals surface area contributed by atoms with Gasteiger partial charge < -0.3 is 14.3 Å². The zero-order valence-electron chi connectivity index (χ0n) is 14.1. The number of hydrogen-bond acceptors (Lipinski definition) is 5. The van der Waals surface area contributed by atoms with E-state index in [1.54, 1.807) is 37.4 Å². The summed E-state index contributed by atoms with van der Waals surface area (Å²) in [6.07, 6.45) is 1.73. The Kier molecular flexibility index (Phi) is 5.23. The molecule has 0 spiro atoms. The summed E-state index contributed by atoms with van der Waals surface area (Å²) in [6, 6.07) is 8.91. The summed E-state index contributed by atoms with van der Waals surface area (Å²) in [5, 5.41) is 0.762. The number of esters is 1. The van der Waals surface area contributed by atoms with Gasteiger partial charge in [0.05, 0.1) is 34.7 Å². The van der Waals surface area contributed by atoms with Crippen LogP contribution in [0.5, 0.6) is 0 Å². The van der Waals surface area contributed by atoms with Gasteiger partial charge in [-0.05, 0) is 44.2 Å². The molecule has 0 fully saturated rings. The van der Waals surface area contributed by atoms with Crippen LogP contribution in [0, 0.1) is 0 Å². The molecule has 0 atom stereocenters. The Bertz CT molecular complexity index is 900. The van der Waals surface area contributed by atoms with Gasteiger partial charge in [-0.25, -0.2) is 9.78 Å². The zero-order chi connectivity index (χ0) is 17.8. The predicted molar refractivity (Wildman–Crippen MR) is 97.2 cm³/mol. The molecule has 3 rings (SSSR count). The number of ether oxygens (including phenoxy) is 1. The third-order valence-electron chi connectivity index (χ3n) is 3.77. The molecule has 0 aliphatic heterocycles. The number of fused-ring (bicyclic) bond motifs is 1. The van der Waals surface area contributed by atoms with Crippen LogP contribution in [0.15, 0.2) is 41.7 Å². The second-order valence-corrected chi connectivity index (χ2v) is 6.30. The maximum atomic E-state index is 12.2. The van der Waals surface area contributed by atoms with E-state index in [0.29, 0.717) is 23.6 Å². The van der Waals surface area contributed by atoms with Crippen molar-refractivity contribution in [3.8, 4) is 0 Å². The van der Waals surface area contributed by atoms with E-state index in [0.717, 1.165) is 22.7 Å². The Labute approximate surface area is 149 Å². The number of Topliss-reactive ketones (excluding diaryl/α,β-unsaturated/α-hetero) is 1. The first kappa shape index (κ1) is 17.3. The number of H-pyrrole nitrogens is 1. The van der Waals surface area contributed by atoms with Gasteiger partial charge in [0.25, 0.3) is 0 Å². The number of carbonyl (C=O) groups excluding carboxylic acids is 2. The van der Waals surface area contributed by atoms with Crippen molar-refractivity contribution in [2.24, 2.45) is 0 Å². The zero-order valence-corrected chi connectivity index (χ0v) is 14.9. The topological polar surface area (TPSA) is 77.0 Å². The number of carbonyl (C=O) groups is 2. The largest absolute Gasteiger partial charge is 0.462 e. The molecule has 0 unspecified atom stereocenters. The molecule has 6 nitrogen and oxygen atoms in total. The quantitative estimate of drug-likeness (QED) is 0.398. The van der Waals surface area contributed by atoms with Gasteiger partial charge in [0.1, 0.15) is 0 Å². The maximum Gasteiger partial charge on any atom is 0.338 e. The number of nitrogens with zero attached hydrogens (tertiary/aromatic N) is 2. The van der Waals surface area contributed by atoms with E-state index in [-0.39, 0.29) is 11.8 Å². The lowest BCUT2D eigenvalue weighted by Gasteiger charge is -2.05. The molecule has 0 aliphatic rings. The Morgan fingerprint density at radius 3 is 2.80 bits per heavy atom. The average molecular weight is 357 g/mol. The molecular weight excluding hydrogens is 338 g/mol. The summed E-state index contributed by atoms with van der Waals surface area (Å²) >= 11 is 1.39. The molecule has 1 aromatic carbocycles. The van der Waals surface area contributed by atoms with E-state index >= 15 is 0 Å². The lowest BCUT2D eigenvalue weighted by Crippen LogP contribution is -2.05. The summed E-state index contributed by atoms with van der Waals surface area (Å²) < 4.78 is 7.07. The molecule has 2 aromatic heterocycles. The third kappa shape index (κ3) is 3.61. The molecule has 0 aliphatic carbocycles. The molecule has 0 amide bonds. The minimum Gasteiger partial charge on any atom is -0.462 e. The SMILES string of the molecule is CCOC(=O)c1ccc2c(c1)nc(SCC(=O)c1ccc[nH]1)n2CC. The Morgan fingerprint density at radius 1 is 1.28 bits per heavy atom. The molecule has 0 bridgehead atoms. The monoisotopic (exact) mass is 357 g/mol. The van der Waals surface area contributed by atoms with Crippen LogP contribution in [0.1, 0.15) is 34.7 Å². The number of rotatable bonds is 7. The van der Waals surface area contributed by atoms with Gasteiger partial charge in [0, 0.05) is 12.7 Å². The maximum absolute atomic E-state index is 12.2. The highest BCUT2D eigenvalue weighted by atomic mass is 32.2. The summed E-state index contributed by atoms with van der Waals surface area (Å²) in [4.78, 5) is 31.6. The number of nitrogens with one attached hydrogen (secondary N) is 1. The van der Waals surface area contributed by atoms with Gasteiger partial charge in [-0.1, -0.05) is 11.8 Å². The van der Waals surface area contributed by atoms with Crippen molar-refractivity contribution in [1.29, 1.82) is 0 Å². The van der Waals surface area contributed by atoms with Gasteiger partial charge in [0.15, 0.2) is 10.9 Å². The number of ketones is 1. The van der Waals surface area contributed by atoms with Crippen molar-refractivity contribution in [3.05, 3.63) is 47.8 Å². The van der Waals surface area contributed by atoms with Crippen molar-refractivity contribution in [1.82, 2.24) is 14.5 Å². The fourth-order valence-corrected chi connectivity index (χ4v) is 3.54. The fraction of sp³-hybridized carbons (Fsp3) is 0.278. The average Bonchev–Trinajstić information content (AvgIpc) is 3.26. The summed E-state index contributed by atoms with van der Waals surface area (Å²) in [5.41, 5.74) is 2.73. The van der Waals surface area contributed by atoms with Gasteiger partial charge in [-0.3, -0.25) is 4.79 Å². The highest BCUT2D eigenvalue weighted by molar-refractivity contribution is 7.99. The number of aromatic nitrogens is 3. The smallest absolute Gasteiger partial charge is 0.338 e. The van der Waals surface area contributed by atoms with Gasteiger partial charge >= 0.3 is 5.97 Å². The van der Waals surface area contributed by atoms with Crippen LogP contribution in [-0.4, -0.2) is 38.6 Å². The van der Waals surface area contributed by atoms with Crippen LogP contribution in [0.2, 0.25) is 0 Å². The Hall–Kier alpha value is -2.54. The molecule has 25 heavy (non-hydrogen) atoms. The van der Waals surface area contributed by atoms with E-state index < -0.39 is 0 Å². The number of hydrogen-bond donors (Lipinski definition) is 1. The molecule has 7 heteroatoms. The second kappa shape index (κ2) is 7.57. The highest BCUT2D eigenvalue weighted by Crippen LogP contribution is 2.25. The number of imidazole rings is 1. The van der Waals surface area contributed by atoms with Crippen LogP contribution in [-0.2, 0) is 11.3 Å². The lowest BCUT2D eigenvalue weighted by molar-refractivity contribution is 0.0526. The van der Waals surface area contributed by atoms with E-state index in [1.165, 1.54) is 11.8 Å². The Balaban J connectivity index is 1.84. The van der Waals surface area contributed by atoms with Crippen molar-refractivity contribution >= 4 is 34.5 Å². The van der Waals surface area contributed by atoms with Crippen molar-refractivity contribution in [2.45, 2.75) is 25.5 Å². The lowest BCUT2D eigenvalue weighted by atomic mass is 10.2. The van der Waals surface area contributed by atoms with Crippen molar-refractivity contribution < 1.29 is 14.3 Å². The van der Waals surface area contributed by atoms with Crippen molar-refractivity contribution in [3.63, 3.8) is 0 Å². The fourth-order valence-electron chi connectivity index (χ4n) is 2.58. The number of aromatic amines is 1. The Morgan fingerprint density at radius 2 is 2.12 bits per heavy atom. The molecule has 1 N–H and O–H groups in total. The molecule has 0 saturated heterocycles. The van der Waals surface area contributed by atoms with E-state index in [9.17, 15) is 9.59 Å². The van der Waals surface area contributed by atoms with Crippen LogP contribution in [0.4, 0.5) is 0 Å². The number of benzene rings is 1. The standard InChI is InChI=1S/C18H19N3O3S/c1-3-21-15-8-7-12(17(23)24-4-2)10-14(15)20-18(21)25-11-16(22)13-6-5-9-19-13/h5-10,19H,3-4,11H2,1-2H3. The van der Waals surface area contributed by atoms with Crippen LogP contribution >= 0.6 is 11.8 Å². The summed E-state index contributed by atoms with van der Waals surface area (Å²) in [6.45, 7) is 4.87. The van der Waals surface area contributed by atoms with E-state index in [2.05, 4.69) is 9.97 Å². The van der Waals surface area contributed by atoms with Crippen LogP contribution in [0.3, 0.4) is 0 Å². The number of aryl methyl sites for hydroxylation is 1. The number of thioether (sulfide) groups is 1. The normalized spacial score (nSPS) is 11.0. The minimum atomic E-state index is -0.355. The highest BCUT2D eigenvalue weighted by Gasteiger charge is 2.15. The second-order valence-electron chi connectivity index (χ2n) is 5.36. The minimum absolute atomic E-state index is 0.0249. The van der Waals surface area contributed by atoms with E-state index in [4.69, 9.17) is 4.74 Å². The summed E-state index contributed by atoms with van der Waals surface area (Å²) in [5.74, 6) is -0.0299. The van der Waals surface area contributed by atoms with Crippen molar-refractivity contribution in [2.75, 3.05) is 12.4 Å². The molecule has 2 heterocycles. The van der Waals surface area contributed by atoms with Crippen LogP contribution in [0.25, 0.3) is 11.0 Å². The van der Waals surface area contributed by atoms with Crippen LogP contribution < -0.4 is 0 Å². The molecule has 130 valence electrons. The van der Waals surface area contributed by atoms with E-state index in [1.807, 2.05) is 17.6 Å². The van der Waals surface area contributed by atoms with Gasteiger partial charge in [-0.15, -0.1) is 0 Å². The van der Waals surface area contributed by atoms with Gasteiger partial charge in [0.2, 0.25) is 0 Å².